The van der Waals surface area contributed by atoms with Crippen LogP contribution in [0.3, 0.4) is 0 Å². The second-order valence-electron chi connectivity index (χ2n) is 4.33. The fraction of sp³-hybridized carbons (Fsp3) is 0.909. The standard InChI is InChI=1S/C11H20N2O2/c14-11-4-6-12-5-2-7-13(11)9-10-3-1-8-15-10/h10,12H,1-9H2. The number of carbonyl (C=O) groups excluding carboxylic acids is 1. The first-order valence-electron chi connectivity index (χ1n) is 5.96. The lowest BCUT2D eigenvalue weighted by molar-refractivity contribution is -0.133. The van der Waals surface area contributed by atoms with Gasteiger partial charge in [-0.15, -0.1) is 0 Å². The Morgan fingerprint density at radius 2 is 2.33 bits per heavy atom. The van der Waals surface area contributed by atoms with E-state index < -0.39 is 0 Å². The highest BCUT2D eigenvalue weighted by molar-refractivity contribution is 5.76. The molecule has 86 valence electrons. The predicted molar refractivity (Wildman–Crippen MR) is 57.7 cm³/mol. The third kappa shape index (κ3) is 3.18. The Labute approximate surface area is 91.0 Å². The summed E-state index contributed by atoms with van der Waals surface area (Å²) in [6.45, 7) is 4.40. The maximum absolute atomic E-state index is 11.8. The molecule has 4 nitrogen and oxygen atoms in total. The fourth-order valence-corrected chi connectivity index (χ4v) is 2.23. The van der Waals surface area contributed by atoms with Crippen LogP contribution in [0.1, 0.15) is 25.7 Å². The SMILES string of the molecule is O=C1CCNCCCN1CC1CCCO1. The van der Waals surface area contributed by atoms with Crippen molar-refractivity contribution in [1.29, 1.82) is 0 Å². The number of carbonyl (C=O) groups is 1. The molecular formula is C11H20N2O2. The minimum atomic E-state index is 0.276. The molecular weight excluding hydrogens is 192 g/mol. The molecule has 0 spiro atoms. The van der Waals surface area contributed by atoms with Crippen LogP contribution in [-0.4, -0.2) is 49.7 Å². The van der Waals surface area contributed by atoms with Crippen molar-refractivity contribution in [2.75, 3.05) is 32.8 Å². The summed E-state index contributed by atoms with van der Waals surface area (Å²) in [6, 6.07) is 0. The van der Waals surface area contributed by atoms with E-state index in [4.69, 9.17) is 4.74 Å². The average Bonchev–Trinajstić information content (AvgIpc) is 2.70. The Kier molecular flexibility index (Phi) is 3.97. The monoisotopic (exact) mass is 212 g/mol. The molecule has 2 rings (SSSR count). The highest BCUT2D eigenvalue weighted by Gasteiger charge is 2.22. The van der Waals surface area contributed by atoms with Gasteiger partial charge in [-0.1, -0.05) is 0 Å². The van der Waals surface area contributed by atoms with E-state index in [0.717, 1.165) is 52.0 Å². The maximum atomic E-state index is 11.8. The van der Waals surface area contributed by atoms with Crippen LogP contribution in [0.4, 0.5) is 0 Å². The van der Waals surface area contributed by atoms with Gasteiger partial charge in [0.2, 0.25) is 5.91 Å². The summed E-state index contributed by atoms with van der Waals surface area (Å²) in [5, 5.41) is 3.25. The van der Waals surface area contributed by atoms with E-state index in [1.807, 2.05) is 4.90 Å². The average molecular weight is 212 g/mol. The number of hydrogen-bond donors (Lipinski definition) is 1. The lowest BCUT2D eigenvalue weighted by atomic mass is 10.2. The molecule has 1 amide bonds. The summed E-state index contributed by atoms with van der Waals surface area (Å²) in [4.78, 5) is 13.8. The Morgan fingerprint density at radius 3 is 3.13 bits per heavy atom. The molecule has 0 aromatic heterocycles. The van der Waals surface area contributed by atoms with E-state index >= 15 is 0 Å². The molecule has 0 aliphatic carbocycles. The summed E-state index contributed by atoms with van der Waals surface area (Å²) in [7, 11) is 0. The van der Waals surface area contributed by atoms with Gasteiger partial charge in [-0.05, 0) is 25.8 Å². The van der Waals surface area contributed by atoms with E-state index in [0.29, 0.717) is 12.5 Å². The zero-order chi connectivity index (χ0) is 10.5. The largest absolute Gasteiger partial charge is 0.376 e. The molecule has 1 N–H and O–H groups in total. The zero-order valence-electron chi connectivity index (χ0n) is 9.21. The summed E-state index contributed by atoms with van der Waals surface area (Å²) >= 11 is 0. The van der Waals surface area contributed by atoms with Crippen molar-refractivity contribution >= 4 is 5.91 Å². The topological polar surface area (TPSA) is 41.6 Å². The molecule has 2 aliphatic rings. The molecule has 1 atom stereocenters. The zero-order valence-corrected chi connectivity index (χ0v) is 9.21. The van der Waals surface area contributed by atoms with Crippen LogP contribution >= 0.6 is 0 Å². The highest BCUT2D eigenvalue weighted by Crippen LogP contribution is 2.14. The number of nitrogens with one attached hydrogen (secondary N) is 1. The highest BCUT2D eigenvalue weighted by atomic mass is 16.5. The molecule has 0 radical (unpaired) electrons. The molecule has 0 saturated carbocycles. The summed E-state index contributed by atoms with van der Waals surface area (Å²) in [5.41, 5.74) is 0. The van der Waals surface area contributed by atoms with Crippen molar-refractivity contribution in [3.8, 4) is 0 Å². The fourth-order valence-electron chi connectivity index (χ4n) is 2.23. The van der Waals surface area contributed by atoms with Gasteiger partial charge in [-0.25, -0.2) is 0 Å². The molecule has 2 saturated heterocycles. The number of nitrogens with zero attached hydrogens (tertiary/aromatic N) is 1. The third-order valence-electron chi connectivity index (χ3n) is 3.10. The van der Waals surface area contributed by atoms with Crippen molar-refractivity contribution < 1.29 is 9.53 Å². The van der Waals surface area contributed by atoms with Crippen molar-refractivity contribution in [2.45, 2.75) is 31.8 Å². The van der Waals surface area contributed by atoms with Gasteiger partial charge in [0.1, 0.15) is 0 Å². The van der Waals surface area contributed by atoms with Crippen LogP contribution in [0, 0.1) is 0 Å². The van der Waals surface area contributed by atoms with Gasteiger partial charge in [-0.3, -0.25) is 4.79 Å². The summed E-state index contributed by atoms with van der Waals surface area (Å²) in [6.07, 6.45) is 4.24. The first-order valence-corrected chi connectivity index (χ1v) is 5.96. The van der Waals surface area contributed by atoms with Crippen LogP contribution in [0.2, 0.25) is 0 Å². The van der Waals surface area contributed by atoms with E-state index in [2.05, 4.69) is 5.32 Å². The van der Waals surface area contributed by atoms with Crippen LogP contribution < -0.4 is 5.32 Å². The lowest BCUT2D eigenvalue weighted by Crippen LogP contribution is -2.42. The Balaban J connectivity index is 1.83. The smallest absolute Gasteiger partial charge is 0.223 e. The molecule has 15 heavy (non-hydrogen) atoms. The maximum Gasteiger partial charge on any atom is 0.223 e. The molecule has 0 aromatic carbocycles. The quantitative estimate of drug-likeness (QED) is 0.719. The van der Waals surface area contributed by atoms with Gasteiger partial charge in [0.05, 0.1) is 6.10 Å². The number of rotatable bonds is 2. The summed E-state index contributed by atoms with van der Waals surface area (Å²) in [5.74, 6) is 0.276. The Hall–Kier alpha value is -0.610. The lowest BCUT2D eigenvalue weighted by Gasteiger charge is -2.27. The Bertz CT molecular complexity index is 215. The minimum Gasteiger partial charge on any atom is -0.376 e. The summed E-state index contributed by atoms with van der Waals surface area (Å²) < 4.78 is 5.57. The Morgan fingerprint density at radius 1 is 1.40 bits per heavy atom. The normalized spacial score (nSPS) is 28.9. The van der Waals surface area contributed by atoms with Crippen molar-refractivity contribution in [3.63, 3.8) is 0 Å². The van der Waals surface area contributed by atoms with Gasteiger partial charge >= 0.3 is 0 Å². The van der Waals surface area contributed by atoms with Gasteiger partial charge < -0.3 is 15.0 Å². The molecule has 0 aromatic rings. The van der Waals surface area contributed by atoms with E-state index in [-0.39, 0.29) is 5.91 Å². The molecule has 0 bridgehead atoms. The van der Waals surface area contributed by atoms with E-state index in [1.54, 1.807) is 0 Å². The molecule has 1 unspecified atom stereocenters. The number of ether oxygens (including phenoxy) is 1. The van der Waals surface area contributed by atoms with E-state index in [1.165, 1.54) is 0 Å². The second kappa shape index (κ2) is 5.47. The van der Waals surface area contributed by atoms with Crippen molar-refractivity contribution in [1.82, 2.24) is 10.2 Å². The number of hydrogen-bond acceptors (Lipinski definition) is 3. The minimum absolute atomic E-state index is 0.276. The first kappa shape index (κ1) is 10.9. The van der Waals surface area contributed by atoms with Gasteiger partial charge in [0.25, 0.3) is 0 Å². The van der Waals surface area contributed by atoms with Gasteiger partial charge in [-0.2, -0.15) is 0 Å². The van der Waals surface area contributed by atoms with Crippen LogP contribution in [0.25, 0.3) is 0 Å². The van der Waals surface area contributed by atoms with Crippen LogP contribution in [-0.2, 0) is 9.53 Å². The molecule has 2 heterocycles. The second-order valence-corrected chi connectivity index (χ2v) is 4.33. The molecule has 2 fully saturated rings. The van der Waals surface area contributed by atoms with Crippen LogP contribution in [0.5, 0.6) is 0 Å². The molecule has 2 aliphatic heterocycles. The van der Waals surface area contributed by atoms with Gasteiger partial charge in [0, 0.05) is 32.7 Å². The van der Waals surface area contributed by atoms with Gasteiger partial charge in [0.15, 0.2) is 0 Å². The number of amides is 1. The molecule has 4 heteroatoms. The first-order chi connectivity index (χ1) is 7.36. The van der Waals surface area contributed by atoms with Crippen molar-refractivity contribution in [2.24, 2.45) is 0 Å². The van der Waals surface area contributed by atoms with E-state index in [9.17, 15) is 4.79 Å². The third-order valence-corrected chi connectivity index (χ3v) is 3.10. The predicted octanol–water partition coefficient (Wildman–Crippen LogP) is 0.377. The van der Waals surface area contributed by atoms with Crippen molar-refractivity contribution in [3.05, 3.63) is 0 Å². The van der Waals surface area contributed by atoms with Crippen LogP contribution in [0.15, 0.2) is 0 Å².